The molecule has 0 bridgehead atoms. The Morgan fingerprint density at radius 3 is 2.50 bits per heavy atom. The van der Waals surface area contributed by atoms with Gasteiger partial charge in [-0.05, 0) is 31.0 Å². The number of carbonyl (C=O) groups is 1. The average Bonchev–Trinajstić information content (AvgIpc) is 3.11. The van der Waals surface area contributed by atoms with E-state index in [1.165, 1.54) is 5.56 Å². The fourth-order valence-corrected chi connectivity index (χ4v) is 2.62. The molecule has 1 aromatic heterocycles. The maximum Gasteiger partial charge on any atom is 0.254 e. The molecule has 0 aliphatic carbocycles. The molecule has 0 saturated carbocycles. The van der Waals surface area contributed by atoms with E-state index < -0.39 is 0 Å². The second kappa shape index (κ2) is 7.13. The predicted molar refractivity (Wildman–Crippen MR) is 95.2 cm³/mol. The lowest BCUT2D eigenvalue weighted by atomic mass is 10.0. The van der Waals surface area contributed by atoms with Gasteiger partial charge in [0.05, 0.1) is 23.5 Å². The van der Waals surface area contributed by atoms with Gasteiger partial charge in [0.2, 0.25) is 0 Å². The monoisotopic (exact) mass is 319 g/mol. The maximum absolute atomic E-state index is 12.5. The number of carbonyl (C=O) groups excluding carboxylic acids is 1. The first kappa shape index (κ1) is 16.0. The highest BCUT2D eigenvalue weighted by atomic mass is 16.1. The zero-order valence-corrected chi connectivity index (χ0v) is 13.9. The largest absolute Gasteiger partial charge is 0.345 e. The number of hydrogen-bond acceptors (Lipinski definition) is 2. The summed E-state index contributed by atoms with van der Waals surface area (Å²) in [5.41, 5.74) is 3.82. The van der Waals surface area contributed by atoms with E-state index in [-0.39, 0.29) is 11.9 Å². The second-order valence-electron chi connectivity index (χ2n) is 5.85. The summed E-state index contributed by atoms with van der Waals surface area (Å²) in [6.07, 6.45) is 4.19. The van der Waals surface area contributed by atoms with E-state index in [0.29, 0.717) is 5.56 Å². The molecular formula is C20H21N3O. The maximum atomic E-state index is 12.5. The summed E-state index contributed by atoms with van der Waals surface area (Å²) < 4.78 is 1.71. The lowest BCUT2D eigenvalue weighted by Gasteiger charge is -2.17. The molecule has 1 unspecified atom stereocenters. The number of aryl methyl sites for hydroxylation is 1. The number of aromatic nitrogens is 2. The molecule has 1 amide bonds. The fraction of sp³-hybridized carbons (Fsp3) is 0.200. The van der Waals surface area contributed by atoms with Gasteiger partial charge in [0.15, 0.2) is 0 Å². The first-order chi connectivity index (χ1) is 11.7. The summed E-state index contributed by atoms with van der Waals surface area (Å²) in [5.74, 6) is -0.107. The van der Waals surface area contributed by atoms with Gasteiger partial charge in [-0.1, -0.05) is 55.0 Å². The Hall–Kier alpha value is -2.88. The molecule has 3 aromatic rings. The van der Waals surface area contributed by atoms with Crippen LogP contribution in [0.2, 0.25) is 0 Å². The van der Waals surface area contributed by atoms with E-state index in [9.17, 15) is 4.79 Å². The molecule has 1 atom stereocenters. The Kier molecular flexibility index (Phi) is 4.75. The minimum atomic E-state index is -0.107. The van der Waals surface area contributed by atoms with E-state index in [2.05, 4.69) is 48.5 Å². The lowest BCUT2D eigenvalue weighted by Crippen LogP contribution is -2.27. The number of amides is 1. The third kappa shape index (κ3) is 3.54. The van der Waals surface area contributed by atoms with Crippen LogP contribution >= 0.6 is 0 Å². The molecule has 4 nitrogen and oxygen atoms in total. The Bertz CT molecular complexity index is 806. The van der Waals surface area contributed by atoms with Gasteiger partial charge in [0.1, 0.15) is 0 Å². The van der Waals surface area contributed by atoms with Crippen molar-refractivity contribution in [2.24, 2.45) is 0 Å². The SMILES string of the molecule is CCC(NC(=O)c1cnn(-c2ccccc2)c1)c1ccc(C)cc1. The van der Waals surface area contributed by atoms with Gasteiger partial charge >= 0.3 is 0 Å². The molecule has 0 aliphatic rings. The van der Waals surface area contributed by atoms with Crippen LogP contribution in [-0.4, -0.2) is 15.7 Å². The summed E-state index contributed by atoms with van der Waals surface area (Å²) in [7, 11) is 0. The predicted octanol–water partition coefficient (Wildman–Crippen LogP) is 4.06. The van der Waals surface area contributed by atoms with Crippen molar-refractivity contribution in [2.75, 3.05) is 0 Å². The van der Waals surface area contributed by atoms with Crippen molar-refractivity contribution in [3.05, 3.63) is 83.7 Å². The Morgan fingerprint density at radius 2 is 1.83 bits per heavy atom. The molecule has 1 heterocycles. The number of nitrogens with zero attached hydrogens (tertiary/aromatic N) is 2. The molecule has 0 aliphatic heterocycles. The number of benzene rings is 2. The van der Waals surface area contributed by atoms with Crippen molar-refractivity contribution < 1.29 is 4.79 Å². The van der Waals surface area contributed by atoms with Gasteiger partial charge in [-0.15, -0.1) is 0 Å². The van der Waals surface area contributed by atoms with Gasteiger partial charge in [-0.25, -0.2) is 4.68 Å². The first-order valence-electron chi connectivity index (χ1n) is 8.15. The van der Waals surface area contributed by atoms with Crippen LogP contribution < -0.4 is 5.32 Å². The normalized spacial score (nSPS) is 11.9. The van der Waals surface area contributed by atoms with Crippen molar-refractivity contribution in [2.45, 2.75) is 26.3 Å². The molecule has 4 heteroatoms. The number of para-hydroxylation sites is 1. The molecule has 3 rings (SSSR count). The van der Waals surface area contributed by atoms with Gasteiger partial charge in [0, 0.05) is 6.20 Å². The zero-order chi connectivity index (χ0) is 16.9. The van der Waals surface area contributed by atoms with Crippen LogP contribution in [0.1, 0.15) is 40.9 Å². The molecule has 0 saturated heterocycles. The fourth-order valence-electron chi connectivity index (χ4n) is 2.62. The van der Waals surface area contributed by atoms with Gasteiger partial charge in [-0.2, -0.15) is 5.10 Å². The van der Waals surface area contributed by atoms with Crippen LogP contribution in [0.5, 0.6) is 0 Å². The van der Waals surface area contributed by atoms with Crippen LogP contribution in [0.3, 0.4) is 0 Å². The Morgan fingerprint density at radius 1 is 1.12 bits per heavy atom. The molecule has 0 fully saturated rings. The van der Waals surface area contributed by atoms with E-state index in [1.807, 2.05) is 30.3 Å². The summed E-state index contributed by atoms with van der Waals surface area (Å²) >= 11 is 0. The smallest absolute Gasteiger partial charge is 0.254 e. The highest BCUT2D eigenvalue weighted by molar-refractivity contribution is 5.94. The van der Waals surface area contributed by atoms with Gasteiger partial charge in [0.25, 0.3) is 5.91 Å². The molecular weight excluding hydrogens is 298 g/mol. The summed E-state index contributed by atoms with van der Waals surface area (Å²) in [6.45, 7) is 4.12. The third-order valence-electron chi connectivity index (χ3n) is 4.06. The van der Waals surface area contributed by atoms with E-state index in [4.69, 9.17) is 0 Å². The minimum Gasteiger partial charge on any atom is -0.345 e. The zero-order valence-electron chi connectivity index (χ0n) is 13.9. The van der Waals surface area contributed by atoms with E-state index >= 15 is 0 Å². The molecule has 122 valence electrons. The van der Waals surface area contributed by atoms with Crippen molar-refractivity contribution in [3.8, 4) is 5.69 Å². The summed E-state index contributed by atoms with van der Waals surface area (Å²) in [6, 6.07) is 18.0. The number of nitrogens with one attached hydrogen (secondary N) is 1. The first-order valence-corrected chi connectivity index (χ1v) is 8.15. The van der Waals surface area contributed by atoms with Crippen LogP contribution in [0.15, 0.2) is 67.0 Å². The van der Waals surface area contributed by atoms with Crippen molar-refractivity contribution in [3.63, 3.8) is 0 Å². The van der Waals surface area contributed by atoms with E-state index in [0.717, 1.165) is 17.7 Å². The highest BCUT2D eigenvalue weighted by Gasteiger charge is 2.15. The molecule has 0 radical (unpaired) electrons. The number of hydrogen-bond donors (Lipinski definition) is 1. The summed E-state index contributed by atoms with van der Waals surface area (Å²) in [4.78, 5) is 12.5. The molecule has 2 aromatic carbocycles. The molecule has 0 spiro atoms. The van der Waals surface area contributed by atoms with Crippen LogP contribution in [0, 0.1) is 6.92 Å². The highest BCUT2D eigenvalue weighted by Crippen LogP contribution is 2.18. The topological polar surface area (TPSA) is 46.9 Å². The van der Waals surface area contributed by atoms with E-state index in [1.54, 1.807) is 17.1 Å². The van der Waals surface area contributed by atoms with Gasteiger partial charge in [-0.3, -0.25) is 4.79 Å². The Balaban J connectivity index is 1.74. The molecule has 24 heavy (non-hydrogen) atoms. The lowest BCUT2D eigenvalue weighted by molar-refractivity contribution is 0.0935. The minimum absolute atomic E-state index is 0.00169. The standard InChI is InChI=1S/C20H21N3O/c1-3-19(16-11-9-15(2)10-12-16)22-20(24)17-13-21-23(14-17)18-7-5-4-6-8-18/h4-14,19H,3H2,1-2H3,(H,22,24). The second-order valence-corrected chi connectivity index (χ2v) is 5.85. The summed E-state index contributed by atoms with van der Waals surface area (Å²) in [5, 5.41) is 7.37. The molecule has 1 N–H and O–H groups in total. The van der Waals surface area contributed by atoms with Crippen LogP contribution in [0.25, 0.3) is 5.69 Å². The average molecular weight is 319 g/mol. The van der Waals surface area contributed by atoms with Crippen LogP contribution in [-0.2, 0) is 0 Å². The van der Waals surface area contributed by atoms with Crippen LogP contribution in [0.4, 0.5) is 0 Å². The quantitative estimate of drug-likeness (QED) is 0.771. The van der Waals surface area contributed by atoms with Crippen molar-refractivity contribution in [1.82, 2.24) is 15.1 Å². The number of rotatable bonds is 5. The Labute approximate surface area is 142 Å². The third-order valence-corrected chi connectivity index (χ3v) is 4.06. The van der Waals surface area contributed by atoms with Crippen molar-refractivity contribution >= 4 is 5.91 Å². The van der Waals surface area contributed by atoms with Gasteiger partial charge < -0.3 is 5.32 Å². The van der Waals surface area contributed by atoms with Crippen molar-refractivity contribution in [1.29, 1.82) is 0 Å².